The van der Waals surface area contributed by atoms with Crippen molar-refractivity contribution in [1.82, 2.24) is 0 Å². The molecule has 3 nitrogen and oxygen atoms in total. The van der Waals surface area contributed by atoms with E-state index in [0.29, 0.717) is 5.92 Å². The summed E-state index contributed by atoms with van der Waals surface area (Å²) < 4.78 is 32.3. The lowest BCUT2D eigenvalue weighted by atomic mass is 9.80. The van der Waals surface area contributed by atoms with Gasteiger partial charge in [-0.2, -0.15) is 5.26 Å². The number of benzene rings is 2. The van der Waals surface area contributed by atoms with Gasteiger partial charge in [0.25, 0.3) is 0 Å². The van der Waals surface area contributed by atoms with Crippen molar-refractivity contribution < 1.29 is 18.3 Å². The van der Waals surface area contributed by atoms with Gasteiger partial charge in [0.1, 0.15) is 29.0 Å². The van der Waals surface area contributed by atoms with Crippen LogP contribution in [0.5, 0.6) is 5.75 Å². The summed E-state index contributed by atoms with van der Waals surface area (Å²) in [6, 6.07) is 9.95. The number of hydrogen-bond donors (Lipinski definition) is 0. The molecule has 3 rings (SSSR count). The molecule has 0 atom stereocenters. The Morgan fingerprint density at radius 2 is 1.77 bits per heavy atom. The zero-order valence-corrected chi connectivity index (χ0v) is 17.0. The molecule has 30 heavy (non-hydrogen) atoms. The van der Waals surface area contributed by atoms with Gasteiger partial charge in [0.15, 0.2) is 0 Å². The van der Waals surface area contributed by atoms with Crippen LogP contribution in [0.1, 0.15) is 66.9 Å². The minimum Gasteiger partial charge on any atom is -0.423 e. The molecule has 5 heteroatoms. The lowest BCUT2D eigenvalue weighted by molar-refractivity contribution is 0.0734. The fraction of sp³-hybridized carbons (Fsp3) is 0.360. The smallest absolute Gasteiger partial charge is 0.343 e. The molecule has 1 fully saturated rings. The van der Waals surface area contributed by atoms with Gasteiger partial charge in [0.2, 0.25) is 0 Å². The summed E-state index contributed by atoms with van der Waals surface area (Å²) in [6.07, 6.45) is 12.0. The van der Waals surface area contributed by atoms with E-state index in [4.69, 9.17) is 10.00 Å². The van der Waals surface area contributed by atoms with Crippen LogP contribution in [0.25, 0.3) is 6.08 Å². The van der Waals surface area contributed by atoms with Crippen LogP contribution >= 0.6 is 0 Å². The molecule has 0 unspecified atom stereocenters. The van der Waals surface area contributed by atoms with Crippen molar-refractivity contribution in [3.05, 3.63) is 70.8 Å². The molecule has 0 bridgehead atoms. The Hall–Kier alpha value is -3.00. The number of hydrogen-bond acceptors (Lipinski definition) is 3. The first-order valence-corrected chi connectivity index (χ1v) is 10.4. The number of carbonyl (C=O) groups is 1. The van der Waals surface area contributed by atoms with Gasteiger partial charge in [-0.05, 0) is 55.2 Å². The van der Waals surface area contributed by atoms with Crippen LogP contribution in [-0.2, 0) is 0 Å². The average Bonchev–Trinajstić information content (AvgIpc) is 2.73. The average molecular weight is 409 g/mol. The second-order valence-electron chi connectivity index (χ2n) is 7.81. The maximum absolute atomic E-state index is 13.7. The Balaban J connectivity index is 1.58. The molecule has 0 radical (unpaired) electrons. The number of carbonyl (C=O) groups excluding carboxylic acids is 1. The van der Waals surface area contributed by atoms with E-state index in [1.807, 2.05) is 12.1 Å². The van der Waals surface area contributed by atoms with Crippen molar-refractivity contribution in [2.24, 2.45) is 11.8 Å². The van der Waals surface area contributed by atoms with Gasteiger partial charge in [0.05, 0.1) is 5.56 Å². The summed E-state index contributed by atoms with van der Waals surface area (Å²) in [5, 5.41) is 8.69. The Morgan fingerprint density at radius 3 is 2.33 bits per heavy atom. The minimum atomic E-state index is -1.07. The second-order valence-corrected chi connectivity index (χ2v) is 7.81. The highest BCUT2D eigenvalue weighted by Gasteiger charge is 2.18. The van der Waals surface area contributed by atoms with E-state index < -0.39 is 23.2 Å². The minimum absolute atomic E-state index is 0.275. The topological polar surface area (TPSA) is 50.1 Å². The molecule has 0 aromatic heterocycles. The van der Waals surface area contributed by atoms with Crippen molar-refractivity contribution in [1.29, 1.82) is 5.26 Å². The Labute approximate surface area is 176 Å². The number of halogens is 2. The number of nitrogens with zero attached hydrogens (tertiary/aromatic N) is 1. The predicted molar refractivity (Wildman–Crippen MR) is 112 cm³/mol. The van der Waals surface area contributed by atoms with Gasteiger partial charge in [0, 0.05) is 12.1 Å². The highest BCUT2D eigenvalue weighted by molar-refractivity contribution is 5.91. The van der Waals surface area contributed by atoms with Gasteiger partial charge in [-0.1, -0.05) is 44.1 Å². The second kappa shape index (κ2) is 10.2. The fourth-order valence-electron chi connectivity index (χ4n) is 3.94. The van der Waals surface area contributed by atoms with Gasteiger partial charge in [-0.15, -0.1) is 0 Å². The maximum Gasteiger partial charge on any atom is 0.343 e. The Bertz CT molecular complexity index is 929. The third-order valence-electron chi connectivity index (χ3n) is 5.63. The summed E-state index contributed by atoms with van der Waals surface area (Å²) in [4.78, 5) is 12.2. The molecule has 0 aliphatic heterocycles. The van der Waals surface area contributed by atoms with Crippen LogP contribution in [0, 0.1) is 34.8 Å². The first-order chi connectivity index (χ1) is 14.5. The zero-order valence-electron chi connectivity index (χ0n) is 17.0. The Kier molecular flexibility index (Phi) is 7.35. The normalized spacial score (nSPS) is 18.9. The molecule has 1 aliphatic carbocycles. The van der Waals surface area contributed by atoms with Crippen LogP contribution < -0.4 is 4.74 Å². The molecule has 2 aromatic rings. The number of nitriles is 1. The lowest BCUT2D eigenvalue weighted by Crippen LogP contribution is -2.12. The van der Waals surface area contributed by atoms with E-state index in [1.165, 1.54) is 44.6 Å². The molecular weight excluding hydrogens is 384 g/mol. The number of allylic oxidation sites excluding steroid dienone is 1. The van der Waals surface area contributed by atoms with Gasteiger partial charge in [-0.3, -0.25) is 0 Å². The quantitative estimate of drug-likeness (QED) is 0.395. The summed E-state index contributed by atoms with van der Waals surface area (Å²) in [6.45, 7) is 2.24. The van der Waals surface area contributed by atoms with Gasteiger partial charge >= 0.3 is 5.97 Å². The molecule has 0 saturated heterocycles. The van der Waals surface area contributed by atoms with E-state index in [1.54, 1.807) is 12.1 Å². The van der Waals surface area contributed by atoms with Gasteiger partial charge < -0.3 is 4.74 Å². The first-order valence-electron chi connectivity index (χ1n) is 10.4. The van der Waals surface area contributed by atoms with Crippen molar-refractivity contribution in [2.45, 2.75) is 45.4 Å². The summed E-state index contributed by atoms with van der Waals surface area (Å²) in [7, 11) is 0. The molecular formula is C25H25F2NO2. The molecule has 0 N–H and O–H groups in total. The van der Waals surface area contributed by atoms with Crippen LogP contribution in [-0.4, -0.2) is 5.97 Å². The zero-order chi connectivity index (χ0) is 21.5. The molecule has 0 spiro atoms. The maximum atomic E-state index is 13.7. The van der Waals surface area contributed by atoms with Crippen molar-refractivity contribution in [3.63, 3.8) is 0 Å². The number of ether oxygens (including phenoxy) is 1. The molecule has 1 saturated carbocycles. The van der Waals surface area contributed by atoms with Crippen LogP contribution in [0.4, 0.5) is 8.78 Å². The number of rotatable bonds is 6. The monoisotopic (exact) mass is 409 g/mol. The van der Waals surface area contributed by atoms with E-state index in [0.717, 1.165) is 23.6 Å². The third-order valence-corrected chi connectivity index (χ3v) is 5.63. The molecule has 156 valence electrons. The summed E-state index contributed by atoms with van der Waals surface area (Å²) in [5.74, 6) is -1.65. The van der Waals surface area contributed by atoms with Crippen molar-refractivity contribution in [2.75, 3.05) is 0 Å². The molecule has 1 aliphatic rings. The highest BCUT2D eigenvalue weighted by Crippen LogP contribution is 2.32. The lowest BCUT2D eigenvalue weighted by Gasteiger charge is -2.26. The van der Waals surface area contributed by atoms with Crippen LogP contribution in [0.2, 0.25) is 0 Å². The van der Waals surface area contributed by atoms with E-state index in [-0.39, 0.29) is 11.3 Å². The first kappa shape index (κ1) is 21.7. The van der Waals surface area contributed by atoms with Crippen molar-refractivity contribution in [3.8, 4) is 11.8 Å². The fourth-order valence-corrected chi connectivity index (χ4v) is 3.94. The SMILES string of the molecule is CCCC1CCC(C=Cc2ccc(C(=O)Oc3cc(F)c(C#N)c(F)c3)cc2)CC1. The van der Waals surface area contributed by atoms with E-state index >= 15 is 0 Å². The summed E-state index contributed by atoms with van der Waals surface area (Å²) in [5.41, 5.74) is 0.555. The molecule has 2 aromatic carbocycles. The van der Waals surface area contributed by atoms with Crippen LogP contribution in [0.3, 0.4) is 0 Å². The molecule has 0 heterocycles. The van der Waals surface area contributed by atoms with Gasteiger partial charge in [-0.25, -0.2) is 13.6 Å². The van der Waals surface area contributed by atoms with Crippen LogP contribution in [0.15, 0.2) is 42.5 Å². The van der Waals surface area contributed by atoms with Crippen molar-refractivity contribution >= 4 is 12.0 Å². The molecule has 0 amide bonds. The highest BCUT2D eigenvalue weighted by atomic mass is 19.1. The predicted octanol–water partition coefficient (Wildman–Crippen LogP) is 6.68. The Morgan fingerprint density at radius 1 is 1.13 bits per heavy atom. The van der Waals surface area contributed by atoms with E-state index in [9.17, 15) is 13.6 Å². The third kappa shape index (κ3) is 5.54. The summed E-state index contributed by atoms with van der Waals surface area (Å²) >= 11 is 0. The number of esters is 1. The standard InChI is InChI=1S/C25H25F2NO2/c1-2-3-17-4-6-18(7-5-17)8-9-19-10-12-20(13-11-19)25(29)30-21-14-23(26)22(16-28)24(27)15-21/h8-15,17-18H,2-7H2,1H3. The largest absolute Gasteiger partial charge is 0.423 e. The van der Waals surface area contributed by atoms with E-state index in [2.05, 4.69) is 19.1 Å².